The summed E-state index contributed by atoms with van der Waals surface area (Å²) in [5, 5.41) is 3.10. The Morgan fingerprint density at radius 3 is 2.48 bits per heavy atom. The first kappa shape index (κ1) is 23.1. The number of rotatable bonds is 9. The normalized spacial score (nSPS) is 16.5. The van der Waals surface area contributed by atoms with E-state index in [0.717, 1.165) is 31.7 Å². The molecule has 166 valence electrons. The van der Waals surface area contributed by atoms with E-state index in [1.165, 1.54) is 18.2 Å². The van der Waals surface area contributed by atoms with Crippen molar-refractivity contribution >= 4 is 15.9 Å². The van der Waals surface area contributed by atoms with Crippen LogP contribution in [0.5, 0.6) is 0 Å². The van der Waals surface area contributed by atoms with Crippen molar-refractivity contribution in [3.05, 3.63) is 78.4 Å². The minimum atomic E-state index is -3.70. The minimum absolute atomic E-state index is 0.0531. The van der Waals surface area contributed by atoms with Crippen LogP contribution in [0.2, 0.25) is 0 Å². The molecule has 1 aliphatic rings. The Morgan fingerprint density at radius 2 is 1.81 bits per heavy atom. The average Bonchev–Trinajstić information content (AvgIpc) is 2.79. The number of amides is 1. The van der Waals surface area contributed by atoms with Crippen LogP contribution in [-0.4, -0.2) is 70.4 Å². The lowest BCUT2D eigenvalue weighted by atomic mass is 10.0. The van der Waals surface area contributed by atoms with Crippen LogP contribution in [0, 0.1) is 0 Å². The molecule has 1 fully saturated rings. The van der Waals surface area contributed by atoms with Crippen molar-refractivity contribution in [2.24, 2.45) is 0 Å². The number of benzene rings is 2. The van der Waals surface area contributed by atoms with Gasteiger partial charge in [-0.3, -0.25) is 9.69 Å². The van der Waals surface area contributed by atoms with Gasteiger partial charge in [0.05, 0.1) is 10.9 Å². The highest BCUT2D eigenvalue weighted by Gasteiger charge is 2.22. The van der Waals surface area contributed by atoms with Gasteiger partial charge in [-0.1, -0.05) is 42.5 Å². The van der Waals surface area contributed by atoms with Crippen LogP contribution in [0.4, 0.5) is 0 Å². The second-order valence-electron chi connectivity index (χ2n) is 7.71. The summed E-state index contributed by atoms with van der Waals surface area (Å²) < 4.78 is 27.2. The number of piperazine rings is 1. The SMILES string of the molecule is C=CCNS(=O)(=O)c1cccc(C(=O)NC(CN2CCN(C)CC2)c2ccccc2)c1. The van der Waals surface area contributed by atoms with Gasteiger partial charge in [-0.2, -0.15) is 0 Å². The van der Waals surface area contributed by atoms with Gasteiger partial charge in [-0.25, -0.2) is 13.1 Å². The lowest BCUT2D eigenvalue weighted by molar-refractivity contribution is 0.0907. The van der Waals surface area contributed by atoms with Crippen LogP contribution in [0.1, 0.15) is 22.0 Å². The molecule has 1 aliphatic heterocycles. The van der Waals surface area contributed by atoms with Crippen molar-refractivity contribution in [2.45, 2.75) is 10.9 Å². The maximum Gasteiger partial charge on any atom is 0.251 e. The van der Waals surface area contributed by atoms with Crippen LogP contribution in [0.15, 0.2) is 72.1 Å². The smallest absolute Gasteiger partial charge is 0.251 e. The number of carbonyl (C=O) groups excluding carboxylic acids is 1. The highest BCUT2D eigenvalue weighted by atomic mass is 32.2. The molecule has 7 nitrogen and oxygen atoms in total. The monoisotopic (exact) mass is 442 g/mol. The topological polar surface area (TPSA) is 81.7 Å². The Kier molecular flexibility index (Phi) is 7.97. The van der Waals surface area contributed by atoms with Crippen molar-refractivity contribution in [1.82, 2.24) is 19.8 Å². The number of sulfonamides is 1. The summed E-state index contributed by atoms with van der Waals surface area (Å²) in [4.78, 5) is 17.7. The molecule has 2 aromatic carbocycles. The Labute approximate surface area is 184 Å². The highest BCUT2D eigenvalue weighted by molar-refractivity contribution is 7.89. The number of hydrogen-bond donors (Lipinski definition) is 2. The summed E-state index contributed by atoms with van der Waals surface area (Å²) in [6.07, 6.45) is 1.47. The van der Waals surface area contributed by atoms with Crippen molar-refractivity contribution in [3.8, 4) is 0 Å². The van der Waals surface area contributed by atoms with E-state index in [0.29, 0.717) is 12.1 Å². The Bertz CT molecular complexity index is 987. The molecule has 3 rings (SSSR count). The zero-order chi connectivity index (χ0) is 22.3. The van der Waals surface area contributed by atoms with Gasteiger partial charge in [-0.15, -0.1) is 6.58 Å². The van der Waals surface area contributed by atoms with Gasteiger partial charge in [0.2, 0.25) is 10.0 Å². The van der Waals surface area contributed by atoms with Crippen molar-refractivity contribution in [2.75, 3.05) is 46.3 Å². The Balaban J connectivity index is 1.77. The molecule has 0 saturated carbocycles. The van der Waals surface area contributed by atoms with Crippen LogP contribution >= 0.6 is 0 Å². The molecule has 2 N–H and O–H groups in total. The van der Waals surface area contributed by atoms with Gasteiger partial charge in [-0.05, 0) is 30.8 Å². The lowest BCUT2D eigenvalue weighted by Gasteiger charge is -2.35. The first-order valence-electron chi connectivity index (χ1n) is 10.4. The summed E-state index contributed by atoms with van der Waals surface area (Å²) in [5.41, 5.74) is 1.33. The first-order valence-corrected chi connectivity index (χ1v) is 11.8. The number of nitrogens with zero attached hydrogens (tertiary/aromatic N) is 2. The van der Waals surface area contributed by atoms with E-state index in [-0.39, 0.29) is 23.4 Å². The summed E-state index contributed by atoms with van der Waals surface area (Å²) >= 11 is 0. The third-order valence-electron chi connectivity index (χ3n) is 5.37. The van der Waals surface area contributed by atoms with Crippen molar-refractivity contribution in [3.63, 3.8) is 0 Å². The molecule has 31 heavy (non-hydrogen) atoms. The fourth-order valence-electron chi connectivity index (χ4n) is 3.51. The summed E-state index contributed by atoms with van der Waals surface area (Å²) in [7, 11) is -1.59. The van der Waals surface area contributed by atoms with E-state index in [1.807, 2.05) is 30.3 Å². The molecule has 0 aromatic heterocycles. The van der Waals surface area contributed by atoms with E-state index in [2.05, 4.69) is 33.5 Å². The first-order chi connectivity index (χ1) is 14.9. The van der Waals surface area contributed by atoms with Gasteiger partial charge in [0, 0.05) is 44.8 Å². The lowest BCUT2D eigenvalue weighted by Crippen LogP contribution is -2.47. The molecule has 1 amide bonds. The van der Waals surface area contributed by atoms with E-state index >= 15 is 0 Å². The number of likely N-dealkylation sites (N-methyl/N-ethyl adjacent to an activating group) is 1. The van der Waals surface area contributed by atoms with E-state index < -0.39 is 10.0 Å². The van der Waals surface area contributed by atoms with Gasteiger partial charge in [0.15, 0.2) is 0 Å². The predicted octanol–water partition coefficient (Wildman–Crippen LogP) is 1.87. The highest BCUT2D eigenvalue weighted by Crippen LogP contribution is 2.18. The van der Waals surface area contributed by atoms with Crippen molar-refractivity contribution in [1.29, 1.82) is 0 Å². The molecule has 1 unspecified atom stereocenters. The zero-order valence-corrected chi connectivity index (χ0v) is 18.6. The maximum atomic E-state index is 13.0. The fourth-order valence-corrected chi connectivity index (χ4v) is 4.55. The molecule has 1 atom stereocenters. The second-order valence-corrected chi connectivity index (χ2v) is 9.48. The number of carbonyl (C=O) groups is 1. The molecule has 0 radical (unpaired) electrons. The average molecular weight is 443 g/mol. The largest absolute Gasteiger partial charge is 0.344 e. The van der Waals surface area contributed by atoms with Gasteiger partial charge in [0.1, 0.15) is 0 Å². The molecule has 0 aliphatic carbocycles. The van der Waals surface area contributed by atoms with Crippen LogP contribution < -0.4 is 10.0 Å². The molecule has 1 heterocycles. The summed E-state index contributed by atoms with van der Waals surface area (Å²) in [5.74, 6) is -0.302. The molecule has 8 heteroatoms. The molecule has 0 spiro atoms. The van der Waals surface area contributed by atoms with E-state index in [4.69, 9.17) is 0 Å². The molecule has 0 bridgehead atoms. The summed E-state index contributed by atoms with van der Waals surface area (Å²) in [6, 6.07) is 15.7. The Morgan fingerprint density at radius 1 is 1.10 bits per heavy atom. The standard InChI is InChI=1S/C23H30N4O3S/c1-3-12-24-31(29,30)21-11-7-10-20(17-21)23(28)25-22(19-8-5-4-6-9-19)18-27-15-13-26(2)14-16-27/h3-11,17,22,24H,1,12-16,18H2,2H3,(H,25,28). The van der Waals surface area contributed by atoms with Gasteiger partial charge in [0.25, 0.3) is 5.91 Å². The van der Waals surface area contributed by atoms with E-state index in [9.17, 15) is 13.2 Å². The summed E-state index contributed by atoms with van der Waals surface area (Å²) in [6.45, 7) is 8.21. The molecule has 2 aromatic rings. The number of hydrogen-bond acceptors (Lipinski definition) is 5. The Hall–Kier alpha value is -2.52. The van der Waals surface area contributed by atoms with E-state index in [1.54, 1.807) is 12.1 Å². The molecular weight excluding hydrogens is 412 g/mol. The maximum absolute atomic E-state index is 13.0. The molecular formula is C23H30N4O3S. The van der Waals surface area contributed by atoms with Crippen LogP contribution in [-0.2, 0) is 10.0 Å². The zero-order valence-electron chi connectivity index (χ0n) is 17.8. The third-order valence-corrected chi connectivity index (χ3v) is 6.79. The predicted molar refractivity (Wildman–Crippen MR) is 122 cm³/mol. The fraction of sp³-hybridized carbons (Fsp3) is 0.348. The van der Waals surface area contributed by atoms with Gasteiger partial charge >= 0.3 is 0 Å². The number of nitrogens with one attached hydrogen (secondary N) is 2. The van der Waals surface area contributed by atoms with Crippen LogP contribution in [0.25, 0.3) is 0 Å². The van der Waals surface area contributed by atoms with Crippen LogP contribution in [0.3, 0.4) is 0 Å². The quantitative estimate of drug-likeness (QED) is 0.580. The molecule has 1 saturated heterocycles. The minimum Gasteiger partial charge on any atom is -0.344 e. The van der Waals surface area contributed by atoms with Gasteiger partial charge < -0.3 is 10.2 Å². The van der Waals surface area contributed by atoms with Crippen molar-refractivity contribution < 1.29 is 13.2 Å². The second kappa shape index (κ2) is 10.7. The third kappa shape index (κ3) is 6.48.